The number of rotatable bonds is 2. The van der Waals surface area contributed by atoms with Crippen LogP contribution in [0.15, 0.2) is 0 Å². The van der Waals surface area contributed by atoms with Gasteiger partial charge in [0.25, 0.3) is 6.43 Å². The van der Waals surface area contributed by atoms with Crippen molar-refractivity contribution in [3.8, 4) is 0 Å². The Morgan fingerprint density at radius 3 is 2.55 bits per heavy atom. The van der Waals surface area contributed by atoms with Crippen molar-refractivity contribution >= 4 is 0 Å². The first-order valence-corrected chi connectivity index (χ1v) is 4.15. The average Bonchev–Trinajstić information content (AvgIpc) is 2.33. The van der Waals surface area contributed by atoms with Gasteiger partial charge in [-0.2, -0.15) is 0 Å². The Bertz CT molecular complexity index is 138. The molecule has 2 unspecified atom stereocenters. The van der Waals surface area contributed by atoms with Gasteiger partial charge in [-0.25, -0.2) is 8.78 Å². The Morgan fingerprint density at radius 1 is 1.64 bits per heavy atom. The summed E-state index contributed by atoms with van der Waals surface area (Å²) in [5.74, 6) is 0.425. The summed E-state index contributed by atoms with van der Waals surface area (Å²) in [5, 5.41) is 0. The van der Waals surface area contributed by atoms with Gasteiger partial charge in [0, 0.05) is 0 Å². The Hall–Kier alpha value is -0.180. The molecular weight excluding hydrogens is 148 g/mol. The molecule has 1 saturated carbocycles. The van der Waals surface area contributed by atoms with Crippen LogP contribution in [0.4, 0.5) is 8.78 Å². The summed E-state index contributed by atoms with van der Waals surface area (Å²) in [6.45, 7) is 2.03. The Morgan fingerprint density at radius 2 is 2.27 bits per heavy atom. The monoisotopic (exact) mass is 163 g/mol. The van der Waals surface area contributed by atoms with Gasteiger partial charge < -0.3 is 5.73 Å². The smallest absolute Gasteiger partial charge is 0.256 e. The van der Waals surface area contributed by atoms with E-state index in [0.717, 1.165) is 12.8 Å². The van der Waals surface area contributed by atoms with Gasteiger partial charge in [0.1, 0.15) is 0 Å². The van der Waals surface area contributed by atoms with Gasteiger partial charge in [0.15, 0.2) is 0 Å². The molecule has 2 atom stereocenters. The largest absolute Gasteiger partial charge is 0.320 e. The molecule has 0 aromatic heterocycles. The molecule has 0 bridgehead atoms. The van der Waals surface area contributed by atoms with E-state index in [2.05, 4.69) is 0 Å². The molecule has 11 heavy (non-hydrogen) atoms. The molecule has 0 spiro atoms. The quantitative estimate of drug-likeness (QED) is 0.663. The molecule has 0 aromatic carbocycles. The zero-order valence-electron chi connectivity index (χ0n) is 6.82. The number of hydrogen-bond acceptors (Lipinski definition) is 1. The summed E-state index contributed by atoms with van der Waals surface area (Å²) in [7, 11) is 0. The lowest BCUT2D eigenvalue weighted by atomic mass is 9.97. The van der Waals surface area contributed by atoms with Crippen LogP contribution < -0.4 is 5.73 Å². The molecule has 0 aliphatic heterocycles. The molecule has 2 N–H and O–H groups in total. The van der Waals surface area contributed by atoms with Crippen LogP contribution in [0.3, 0.4) is 0 Å². The van der Waals surface area contributed by atoms with Crippen molar-refractivity contribution in [2.24, 2.45) is 11.7 Å². The zero-order chi connectivity index (χ0) is 8.48. The minimum atomic E-state index is -2.35. The van der Waals surface area contributed by atoms with Gasteiger partial charge in [-0.15, -0.1) is 0 Å². The standard InChI is InChI=1S/C8H15F2N/c1-2-6-3-4-8(11,5-6)7(9)10/h6-7H,2-5,11H2,1H3. The van der Waals surface area contributed by atoms with E-state index >= 15 is 0 Å². The highest BCUT2D eigenvalue weighted by atomic mass is 19.3. The summed E-state index contributed by atoms with van der Waals surface area (Å²) in [5.41, 5.74) is 4.35. The maximum Gasteiger partial charge on any atom is 0.256 e. The van der Waals surface area contributed by atoms with Gasteiger partial charge in [0.2, 0.25) is 0 Å². The summed E-state index contributed by atoms with van der Waals surface area (Å²) in [4.78, 5) is 0. The fraction of sp³-hybridized carbons (Fsp3) is 1.00. The number of halogens is 2. The van der Waals surface area contributed by atoms with Gasteiger partial charge in [-0.1, -0.05) is 13.3 Å². The van der Waals surface area contributed by atoms with Crippen LogP contribution in [0, 0.1) is 5.92 Å². The van der Waals surface area contributed by atoms with Crippen molar-refractivity contribution in [2.45, 2.75) is 44.6 Å². The highest BCUT2D eigenvalue weighted by molar-refractivity contribution is 4.94. The van der Waals surface area contributed by atoms with Crippen LogP contribution in [0.25, 0.3) is 0 Å². The third-order valence-electron chi connectivity index (χ3n) is 2.70. The minimum Gasteiger partial charge on any atom is -0.320 e. The van der Waals surface area contributed by atoms with E-state index in [1.165, 1.54) is 0 Å². The van der Waals surface area contributed by atoms with Gasteiger partial charge in [-0.3, -0.25) is 0 Å². The Kier molecular flexibility index (Phi) is 2.47. The van der Waals surface area contributed by atoms with Crippen molar-refractivity contribution in [1.29, 1.82) is 0 Å². The van der Waals surface area contributed by atoms with E-state index in [1.54, 1.807) is 0 Å². The van der Waals surface area contributed by atoms with E-state index in [9.17, 15) is 8.78 Å². The van der Waals surface area contributed by atoms with Crippen molar-refractivity contribution in [1.82, 2.24) is 0 Å². The lowest BCUT2D eigenvalue weighted by molar-refractivity contribution is 0.0549. The maximum absolute atomic E-state index is 12.3. The SMILES string of the molecule is CCC1CCC(N)(C(F)F)C1. The van der Waals surface area contributed by atoms with E-state index < -0.39 is 12.0 Å². The van der Waals surface area contributed by atoms with E-state index in [1.807, 2.05) is 6.92 Å². The van der Waals surface area contributed by atoms with Crippen LogP contribution in [0.2, 0.25) is 0 Å². The third kappa shape index (κ3) is 1.70. The summed E-state index contributed by atoms with van der Waals surface area (Å²) >= 11 is 0. The first kappa shape index (κ1) is 8.91. The second kappa shape index (κ2) is 3.05. The van der Waals surface area contributed by atoms with Crippen LogP contribution in [-0.2, 0) is 0 Å². The highest BCUT2D eigenvalue weighted by Crippen LogP contribution is 2.38. The Balaban J connectivity index is 2.50. The first-order valence-electron chi connectivity index (χ1n) is 4.15. The summed E-state index contributed by atoms with van der Waals surface area (Å²) < 4.78 is 24.6. The number of hydrogen-bond donors (Lipinski definition) is 1. The lowest BCUT2D eigenvalue weighted by Gasteiger charge is -2.22. The molecule has 1 rings (SSSR count). The zero-order valence-corrected chi connectivity index (χ0v) is 6.82. The van der Waals surface area contributed by atoms with Crippen LogP contribution in [0.1, 0.15) is 32.6 Å². The van der Waals surface area contributed by atoms with E-state index in [0.29, 0.717) is 18.8 Å². The summed E-state index contributed by atoms with van der Waals surface area (Å²) in [6, 6.07) is 0. The molecule has 0 radical (unpaired) electrons. The molecular formula is C8H15F2N. The van der Waals surface area contributed by atoms with E-state index in [4.69, 9.17) is 5.73 Å². The highest BCUT2D eigenvalue weighted by Gasteiger charge is 2.42. The van der Waals surface area contributed by atoms with Gasteiger partial charge >= 0.3 is 0 Å². The van der Waals surface area contributed by atoms with Crippen LogP contribution >= 0.6 is 0 Å². The first-order chi connectivity index (χ1) is 5.08. The maximum atomic E-state index is 12.3. The van der Waals surface area contributed by atoms with Crippen molar-refractivity contribution < 1.29 is 8.78 Å². The predicted octanol–water partition coefficient (Wildman–Crippen LogP) is 2.16. The molecule has 0 heterocycles. The second-order valence-corrected chi connectivity index (χ2v) is 3.55. The van der Waals surface area contributed by atoms with Gasteiger partial charge in [0.05, 0.1) is 5.54 Å². The Labute approximate surface area is 66.0 Å². The molecule has 1 aliphatic rings. The van der Waals surface area contributed by atoms with Crippen LogP contribution in [-0.4, -0.2) is 12.0 Å². The van der Waals surface area contributed by atoms with Gasteiger partial charge in [-0.05, 0) is 25.2 Å². The van der Waals surface area contributed by atoms with Crippen LogP contribution in [0.5, 0.6) is 0 Å². The van der Waals surface area contributed by atoms with Crippen molar-refractivity contribution in [3.63, 3.8) is 0 Å². The molecule has 0 aromatic rings. The molecule has 1 nitrogen and oxygen atoms in total. The molecule has 0 saturated heterocycles. The minimum absolute atomic E-state index is 0.425. The average molecular weight is 163 g/mol. The number of nitrogens with two attached hydrogens (primary N) is 1. The topological polar surface area (TPSA) is 26.0 Å². The molecule has 1 fully saturated rings. The fourth-order valence-corrected chi connectivity index (χ4v) is 1.76. The summed E-state index contributed by atoms with van der Waals surface area (Å²) in [6.07, 6.45) is 0.493. The predicted molar refractivity (Wildman–Crippen MR) is 40.6 cm³/mol. The normalized spacial score (nSPS) is 38.5. The lowest BCUT2D eigenvalue weighted by Crippen LogP contribution is -2.44. The fourth-order valence-electron chi connectivity index (χ4n) is 1.76. The second-order valence-electron chi connectivity index (χ2n) is 3.55. The van der Waals surface area contributed by atoms with E-state index in [-0.39, 0.29) is 0 Å². The molecule has 1 aliphatic carbocycles. The molecule has 66 valence electrons. The van der Waals surface area contributed by atoms with Crippen molar-refractivity contribution in [3.05, 3.63) is 0 Å². The molecule has 0 amide bonds. The third-order valence-corrected chi connectivity index (χ3v) is 2.70. The molecule has 3 heteroatoms. The van der Waals surface area contributed by atoms with Crippen molar-refractivity contribution in [2.75, 3.05) is 0 Å². The number of alkyl halides is 2.